The number of aromatic nitrogens is 2. The van der Waals surface area contributed by atoms with Crippen LogP contribution in [0.4, 0.5) is 0 Å². The van der Waals surface area contributed by atoms with Gasteiger partial charge in [0.15, 0.2) is 4.96 Å². The smallest absolute Gasteiger partial charge is 0.228 e. The Morgan fingerprint density at radius 1 is 1.50 bits per heavy atom. The van der Waals surface area contributed by atoms with Crippen LogP contribution in [0.5, 0.6) is 0 Å². The summed E-state index contributed by atoms with van der Waals surface area (Å²) in [5.41, 5.74) is 0.808. The average Bonchev–Trinajstić information content (AvgIpc) is 3.11. The zero-order valence-electron chi connectivity index (χ0n) is 11.4. The van der Waals surface area contributed by atoms with Gasteiger partial charge in [-0.25, -0.2) is 4.98 Å². The second-order valence-corrected chi connectivity index (χ2v) is 6.12. The molecule has 108 valence electrons. The quantitative estimate of drug-likeness (QED) is 0.913. The summed E-state index contributed by atoms with van der Waals surface area (Å²) in [4.78, 5) is 19.7. The number of imidazole rings is 1. The first kappa shape index (κ1) is 13.6. The summed E-state index contributed by atoms with van der Waals surface area (Å²) in [6.07, 6.45) is 8.66. The molecule has 1 saturated carbocycles. The van der Waals surface area contributed by atoms with Crippen LogP contribution in [-0.4, -0.2) is 44.5 Å². The standard InChI is InChI=1S/C14H19N3O2S/c18-7-5-17(12-3-1-2-4-12)13(19)9-11-10-16-6-8-20-14(16)15-11/h6,8,10,12,18H,1-5,7,9H2. The van der Waals surface area contributed by atoms with Crippen LogP contribution in [0.2, 0.25) is 0 Å². The number of aliphatic hydroxyl groups excluding tert-OH is 1. The Bertz CT molecular complexity index is 558. The topological polar surface area (TPSA) is 57.8 Å². The van der Waals surface area contributed by atoms with Crippen molar-refractivity contribution >= 4 is 22.2 Å². The van der Waals surface area contributed by atoms with Gasteiger partial charge in [0, 0.05) is 30.4 Å². The summed E-state index contributed by atoms with van der Waals surface area (Å²) in [5.74, 6) is 0.0803. The first-order valence-corrected chi connectivity index (χ1v) is 7.97. The Morgan fingerprint density at radius 2 is 2.30 bits per heavy atom. The van der Waals surface area contributed by atoms with E-state index in [0.29, 0.717) is 19.0 Å². The van der Waals surface area contributed by atoms with Gasteiger partial charge < -0.3 is 10.0 Å². The lowest BCUT2D eigenvalue weighted by atomic mass is 10.2. The average molecular weight is 293 g/mol. The fourth-order valence-electron chi connectivity index (χ4n) is 2.95. The summed E-state index contributed by atoms with van der Waals surface area (Å²) in [5, 5.41) is 11.2. The predicted octanol–water partition coefficient (Wildman–Crippen LogP) is 1.70. The van der Waals surface area contributed by atoms with E-state index >= 15 is 0 Å². The Labute approximate surface area is 121 Å². The fourth-order valence-corrected chi connectivity index (χ4v) is 3.67. The van der Waals surface area contributed by atoms with Gasteiger partial charge >= 0.3 is 0 Å². The van der Waals surface area contributed by atoms with Crippen molar-refractivity contribution in [2.24, 2.45) is 0 Å². The molecule has 0 atom stereocenters. The number of amides is 1. The van der Waals surface area contributed by atoms with Crippen molar-refractivity contribution in [3.63, 3.8) is 0 Å². The van der Waals surface area contributed by atoms with Crippen LogP contribution in [0.1, 0.15) is 31.4 Å². The molecule has 5 nitrogen and oxygen atoms in total. The van der Waals surface area contributed by atoms with Crippen LogP contribution < -0.4 is 0 Å². The van der Waals surface area contributed by atoms with Crippen molar-refractivity contribution in [3.05, 3.63) is 23.5 Å². The minimum absolute atomic E-state index is 0.0283. The van der Waals surface area contributed by atoms with Gasteiger partial charge in [0.2, 0.25) is 5.91 Å². The number of fused-ring (bicyclic) bond motifs is 1. The normalized spacial score (nSPS) is 16.1. The molecule has 1 fully saturated rings. The molecule has 1 amide bonds. The largest absolute Gasteiger partial charge is 0.395 e. The summed E-state index contributed by atoms with van der Waals surface area (Å²) in [6, 6.07) is 0.304. The van der Waals surface area contributed by atoms with Gasteiger partial charge in [-0.15, -0.1) is 11.3 Å². The molecule has 0 bridgehead atoms. The maximum absolute atomic E-state index is 12.5. The van der Waals surface area contributed by atoms with Crippen molar-refractivity contribution in [2.45, 2.75) is 38.1 Å². The molecule has 6 heteroatoms. The number of thiazole rings is 1. The van der Waals surface area contributed by atoms with Gasteiger partial charge in [-0.3, -0.25) is 9.20 Å². The van der Waals surface area contributed by atoms with E-state index < -0.39 is 0 Å². The third kappa shape index (κ3) is 2.71. The zero-order chi connectivity index (χ0) is 13.9. The summed E-state index contributed by atoms with van der Waals surface area (Å²) >= 11 is 1.57. The monoisotopic (exact) mass is 293 g/mol. The van der Waals surface area contributed by atoms with Gasteiger partial charge in [-0.2, -0.15) is 0 Å². The molecule has 0 saturated heterocycles. The molecule has 2 aromatic heterocycles. The lowest BCUT2D eigenvalue weighted by molar-refractivity contribution is -0.133. The van der Waals surface area contributed by atoms with E-state index in [2.05, 4.69) is 4.98 Å². The molecular weight excluding hydrogens is 274 g/mol. The molecule has 0 aromatic carbocycles. The fraction of sp³-hybridized carbons (Fsp3) is 0.571. The number of carbonyl (C=O) groups excluding carboxylic acids is 1. The van der Waals surface area contributed by atoms with Gasteiger partial charge in [0.05, 0.1) is 18.7 Å². The second-order valence-electron chi connectivity index (χ2n) is 5.25. The molecule has 0 radical (unpaired) electrons. The first-order chi connectivity index (χ1) is 9.78. The minimum Gasteiger partial charge on any atom is -0.395 e. The van der Waals surface area contributed by atoms with E-state index in [0.717, 1.165) is 23.5 Å². The SMILES string of the molecule is O=C(Cc1cn2ccsc2n1)N(CCO)C1CCCC1. The maximum Gasteiger partial charge on any atom is 0.228 e. The van der Waals surface area contributed by atoms with Gasteiger partial charge in [0.1, 0.15) is 0 Å². The molecule has 0 aliphatic heterocycles. The maximum atomic E-state index is 12.5. The van der Waals surface area contributed by atoms with Crippen molar-refractivity contribution < 1.29 is 9.90 Å². The summed E-state index contributed by atoms with van der Waals surface area (Å²) in [7, 11) is 0. The second kappa shape index (κ2) is 5.93. The van der Waals surface area contributed by atoms with Crippen LogP contribution in [0.25, 0.3) is 4.96 Å². The summed E-state index contributed by atoms with van der Waals surface area (Å²) < 4.78 is 1.94. The number of aliphatic hydroxyl groups is 1. The Kier molecular flexibility index (Phi) is 4.03. The molecular formula is C14H19N3O2S. The third-order valence-corrected chi connectivity index (χ3v) is 4.67. The number of hydrogen-bond acceptors (Lipinski definition) is 4. The predicted molar refractivity (Wildman–Crippen MR) is 77.8 cm³/mol. The molecule has 1 aliphatic rings. The van der Waals surface area contributed by atoms with Crippen LogP contribution in [0.3, 0.4) is 0 Å². The summed E-state index contributed by atoms with van der Waals surface area (Å²) in [6.45, 7) is 0.465. The molecule has 2 aromatic rings. The third-order valence-electron chi connectivity index (χ3n) is 3.90. The number of hydrogen-bond donors (Lipinski definition) is 1. The molecule has 0 spiro atoms. The highest BCUT2D eigenvalue weighted by Gasteiger charge is 2.26. The van der Waals surface area contributed by atoms with Crippen molar-refractivity contribution in [2.75, 3.05) is 13.2 Å². The van der Waals surface area contributed by atoms with E-state index in [4.69, 9.17) is 0 Å². The number of carbonyl (C=O) groups is 1. The molecule has 20 heavy (non-hydrogen) atoms. The zero-order valence-corrected chi connectivity index (χ0v) is 12.2. The molecule has 0 unspecified atom stereocenters. The van der Waals surface area contributed by atoms with Crippen LogP contribution >= 0.6 is 11.3 Å². The van der Waals surface area contributed by atoms with Crippen LogP contribution in [0, 0.1) is 0 Å². The molecule has 3 rings (SSSR count). The lowest BCUT2D eigenvalue weighted by Crippen LogP contribution is -2.41. The van der Waals surface area contributed by atoms with E-state index in [1.165, 1.54) is 12.8 Å². The van der Waals surface area contributed by atoms with Crippen molar-refractivity contribution in [3.8, 4) is 0 Å². The van der Waals surface area contributed by atoms with Crippen LogP contribution in [0.15, 0.2) is 17.8 Å². The Balaban J connectivity index is 1.70. The molecule has 2 heterocycles. The van der Waals surface area contributed by atoms with E-state index in [1.54, 1.807) is 11.3 Å². The van der Waals surface area contributed by atoms with Gasteiger partial charge in [0.25, 0.3) is 0 Å². The van der Waals surface area contributed by atoms with Gasteiger partial charge in [-0.1, -0.05) is 12.8 Å². The minimum atomic E-state index is 0.0283. The van der Waals surface area contributed by atoms with Crippen molar-refractivity contribution in [1.29, 1.82) is 0 Å². The number of rotatable bonds is 5. The highest BCUT2D eigenvalue weighted by Crippen LogP contribution is 2.24. The molecule has 1 N–H and O–H groups in total. The Hall–Kier alpha value is -1.40. The van der Waals surface area contributed by atoms with Gasteiger partial charge in [-0.05, 0) is 12.8 Å². The van der Waals surface area contributed by atoms with E-state index in [1.807, 2.05) is 27.1 Å². The van der Waals surface area contributed by atoms with Crippen molar-refractivity contribution in [1.82, 2.24) is 14.3 Å². The van der Waals surface area contributed by atoms with E-state index in [9.17, 15) is 9.90 Å². The Morgan fingerprint density at radius 3 is 3.00 bits per heavy atom. The first-order valence-electron chi connectivity index (χ1n) is 7.09. The number of nitrogens with zero attached hydrogens (tertiary/aromatic N) is 3. The highest BCUT2D eigenvalue weighted by molar-refractivity contribution is 7.15. The van der Waals surface area contributed by atoms with E-state index in [-0.39, 0.29) is 12.5 Å². The van der Waals surface area contributed by atoms with Crippen LogP contribution in [-0.2, 0) is 11.2 Å². The highest BCUT2D eigenvalue weighted by atomic mass is 32.1. The lowest BCUT2D eigenvalue weighted by Gasteiger charge is -2.28. The molecule has 1 aliphatic carbocycles.